The second kappa shape index (κ2) is 2.95. The molecule has 10 heavy (non-hydrogen) atoms. The minimum Gasteiger partial charge on any atom is -0.463 e. The highest BCUT2D eigenvalue weighted by Gasteiger charge is 2.09. The van der Waals surface area contributed by atoms with Crippen molar-refractivity contribution < 1.29 is 9.53 Å². The Labute approximate surface area is 70.9 Å². The number of hydrogen-bond acceptors (Lipinski definition) is 4. The van der Waals surface area contributed by atoms with E-state index in [2.05, 4.69) is 14.8 Å². The van der Waals surface area contributed by atoms with E-state index in [1.807, 2.05) is 22.9 Å². The maximum absolute atomic E-state index is 10.7. The summed E-state index contributed by atoms with van der Waals surface area (Å²) in [5.74, 6) is -0.438. The Morgan fingerprint density at radius 1 is 1.90 bits per heavy atom. The number of ether oxygens (including phenoxy) is 1. The zero-order valence-electron chi connectivity index (χ0n) is 5.11. The summed E-state index contributed by atoms with van der Waals surface area (Å²) in [6.45, 7) is 0. The third-order valence-electron chi connectivity index (χ3n) is 0.834. The van der Waals surface area contributed by atoms with E-state index in [1.165, 1.54) is 16.3 Å². The number of carbonyl (C=O) groups is 1. The molecule has 1 rings (SSSR count). The predicted molar refractivity (Wildman–Crippen MR) is 40.8 cm³/mol. The van der Waals surface area contributed by atoms with Gasteiger partial charge in [-0.15, -0.1) is 5.10 Å². The first-order valence-electron chi connectivity index (χ1n) is 2.40. The molecule has 0 aliphatic heterocycles. The number of halogens is 1. The van der Waals surface area contributed by atoms with Gasteiger partial charge in [0.2, 0.25) is 0 Å². The molecule has 0 spiro atoms. The lowest BCUT2D eigenvalue weighted by Gasteiger charge is -1.88. The number of esters is 1. The zero-order valence-corrected chi connectivity index (χ0v) is 7.27. The monoisotopic (exact) mass is 253 g/mol. The summed E-state index contributed by atoms with van der Waals surface area (Å²) >= 11 is 1.89. The second-order valence-electron chi connectivity index (χ2n) is 1.45. The fraction of sp³-hybridized carbons (Fsp3) is 0.250. The lowest BCUT2D eigenvalue weighted by atomic mass is 10.6. The zero-order chi connectivity index (χ0) is 7.56. The number of methoxy groups -OCH3 is 1. The highest BCUT2D eigenvalue weighted by molar-refractivity contribution is 14.1. The van der Waals surface area contributed by atoms with Crippen molar-refractivity contribution in [2.45, 2.75) is 0 Å². The van der Waals surface area contributed by atoms with Gasteiger partial charge in [-0.05, 0) is 0 Å². The largest absolute Gasteiger partial charge is 0.463 e. The van der Waals surface area contributed by atoms with E-state index in [9.17, 15) is 4.79 Å². The second-order valence-corrected chi connectivity index (χ2v) is 2.44. The van der Waals surface area contributed by atoms with E-state index in [1.54, 1.807) is 0 Å². The van der Waals surface area contributed by atoms with Crippen molar-refractivity contribution in [2.24, 2.45) is 0 Å². The van der Waals surface area contributed by atoms with Crippen LogP contribution in [0.4, 0.5) is 0 Å². The molecule has 0 aromatic carbocycles. The van der Waals surface area contributed by atoms with Gasteiger partial charge >= 0.3 is 5.97 Å². The topological polar surface area (TPSA) is 57.0 Å². The molecular formula is C4H4IN3O2. The maximum Gasteiger partial charge on any atom is 0.377 e. The number of aromatic nitrogens is 3. The van der Waals surface area contributed by atoms with Crippen LogP contribution in [-0.4, -0.2) is 26.1 Å². The number of nitrogens with zero attached hydrogens (tertiary/aromatic N) is 3. The third-order valence-corrected chi connectivity index (χ3v) is 1.30. The van der Waals surface area contributed by atoms with Gasteiger partial charge in [0.1, 0.15) is 6.33 Å². The van der Waals surface area contributed by atoms with E-state index in [0.717, 1.165) is 0 Å². The fourth-order valence-corrected chi connectivity index (χ4v) is 0.758. The molecule has 0 unspecified atom stereocenters. The van der Waals surface area contributed by atoms with Crippen LogP contribution < -0.4 is 0 Å². The Hall–Kier alpha value is -0.660. The van der Waals surface area contributed by atoms with Crippen LogP contribution in [0.2, 0.25) is 0 Å². The molecule has 0 amide bonds. The summed E-state index contributed by atoms with van der Waals surface area (Å²) in [6, 6.07) is 0. The summed E-state index contributed by atoms with van der Waals surface area (Å²) in [5, 5.41) is 3.70. The van der Waals surface area contributed by atoms with E-state index >= 15 is 0 Å². The van der Waals surface area contributed by atoms with Crippen molar-refractivity contribution in [1.29, 1.82) is 0 Å². The summed E-state index contributed by atoms with van der Waals surface area (Å²) in [7, 11) is 1.29. The quantitative estimate of drug-likeness (QED) is 0.532. The van der Waals surface area contributed by atoms with E-state index in [4.69, 9.17) is 0 Å². The van der Waals surface area contributed by atoms with Crippen molar-refractivity contribution in [2.75, 3.05) is 7.11 Å². The number of carbonyl (C=O) groups excluding carboxylic acids is 1. The highest BCUT2D eigenvalue weighted by Crippen LogP contribution is 1.94. The van der Waals surface area contributed by atoms with Crippen LogP contribution in [0.1, 0.15) is 10.6 Å². The van der Waals surface area contributed by atoms with Crippen LogP contribution in [-0.2, 0) is 4.74 Å². The molecule has 0 radical (unpaired) electrons. The molecule has 0 fully saturated rings. The van der Waals surface area contributed by atoms with Gasteiger partial charge in [-0.2, -0.15) is 2.90 Å². The first-order chi connectivity index (χ1) is 4.74. The van der Waals surface area contributed by atoms with Crippen LogP contribution in [0, 0.1) is 0 Å². The first kappa shape index (κ1) is 7.45. The Morgan fingerprint density at radius 3 is 3.00 bits per heavy atom. The Morgan fingerprint density at radius 2 is 2.60 bits per heavy atom. The average molecular weight is 253 g/mol. The molecule has 1 aromatic heterocycles. The third kappa shape index (κ3) is 1.43. The molecule has 0 saturated heterocycles. The molecule has 5 nitrogen and oxygen atoms in total. The van der Waals surface area contributed by atoms with Gasteiger partial charge < -0.3 is 4.74 Å². The molecule has 0 bridgehead atoms. The molecule has 0 N–H and O–H groups in total. The summed E-state index contributed by atoms with van der Waals surface area (Å²) in [6.07, 6.45) is 1.42. The van der Waals surface area contributed by atoms with Crippen LogP contribution >= 0.6 is 22.9 Å². The smallest absolute Gasteiger partial charge is 0.377 e. The SMILES string of the molecule is COC(=O)c1ncn(I)n1. The van der Waals surface area contributed by atoms with Gasteiger partial charge in [-0.1, -0.05) is 0 Å². The molecule has 6 heteroatoms. The fourth-order valence-electron chi connectivity index (χ4n) is 0.429. The first-order valence-corrected chi connectivity index (χ1v) is 3.36. The van der Waals surface area contributed by atoms with Crippen LogP contribution in [0.3, 0.4) is 0 Å². The molecule has 54 valence electrons. The molecule has 0 atom stereocenters. The maximum atomic E-state index is 10.7. The Kier molecular flexibility index (Phi) is 2.20. The number of hydrogen-bond donors (Lipinski definition) is 0. The Balaban J connectivity index is 2.85. The molecular weight excluding hydrogens is 249 g/mol. The van der Waals surface area contributed by atoms with Crippen molar-refractivity contribution in [1.82, 2.24) is 13.0 Å². The summed E-state index contributed by atoms with van der Waals surface area (Å²) in [5.41, 5.74) is 0. The van der Waals surface area contributed by atoms with E-state index < -0.39 is 5.97 Å². The molecule has 1 heterocycles. The van der Waals surface area contributed by atoms with Gasteiger partial charge in [0, 0.05) is 0 Å². The number of rotatable bonds is 1. The molecule has 0 aliphatic carbocycles. The lowest BCUT2D eigenvalue weighted by molar-refractivity contribution is 0.0587. The molecule has 1 aromatic rings. The van der Waals surface area contributed by atoms with Gasteiger partial charge in [-0.25, -0.2) is 9.78 Å². The highest BCUT2D eigenvalue weighted by atomic mass is 127. The molecule has 0 saturated carbocycles. The predicted octanol–water partition coefficient (Wildman–Crippen LogP) is 0.263. The van der Waals surface area contributed by atoms with Crippen molar-refractivity contribution in [3.63, 3.8) is 0 Å². The minimum absolute atomic E-state index is 0.0805. The van der Waals surface area contributed by atoms with E-state index in [0.29, 0.717) is 0 Å². The lowest BCUT2D eigenvalue weighted by Crippen LogP contribution is -2.03. The van der Waals surface area contributed by atoms with Gasteiger partial charge in [-0.3, -0.25) is 0 Å². The normalized spacial score (nSPS) is 9.40. The van der Waals surface area contributed by atoms with Crippen LogP contribution in [0.25, 0.3) is 0 Å². The minimum atomic E-state index is -0.518. The van der Waals surface area contributed by atoms with Crippen molar-refractivity contribution >= 4 is 28.8 Å². The van der Waals surface area contributed by atoms with Crippen molar-refractivity contribution in [3.05, 3.63) is 12.2 Å². The van der Waals surface area contributed by atoms with Crippen LogP contribution in [0.15, 0.2) is 6.33 Å². The molecule has 0 aliphatic rings. The van der Waals surface area contributed by atoms with E-state index in [-0.39, 0.29) is 5.82 Å². The van der Waals surface area contributed by atoms with Gasteiger partial charge in [0.25, 0.3) is 5.82 Å². The Bertz CT molecular complexity index is 246. The van der Waals surface area contributed by atoms with Gasteiger partial charge in [0.05, 0.1) is 30.0 Å². The van der Waals surface area contributed by atoms with Crippen LogP contribution in [0.5, 0.6) is 0 Å². The van der Waals surface area contributed by atoms with Crippen molar-refractivity contribution in [3.8, 4) is 0 Å². The summed E-state index contributed by atoms with van der Waals surface area (Å²) < 4.78 is 5.78. The average Bonchev–Trinajstić information content (AvgIpc) is 2.34. The standard InChI is InChI=1S/C4H4IN3O2/c1-10-4(9)3-6-2-8(5)7-3/h2H,1H3. The van der Waals surface area contributed by atoms with Gasteiger partial charge in [0.15, 0.2) is 0 Å². The summed E-state index contributed by atoms with van der Waals surface area (Å²) in [4.78, 5) is 14.3.